The predicted molar refractivity (Wildman–Crippen MR) is 81.9 cm³/mol. The molecule has 1 aromatic carbocycles. The number of carbonyl (C=O) groups is 1. The van der Waals surface area contributed by atoms with Crippen LogP contribution in [0.15, 0.2) is 18.2 Å². The van der Waals surface area contributed by atoms with Crippen LogP contribution in [0.1, 0.15) is 18.4 Å². The molecule has 0 unspecified atom stereocenters. The van der Waals surface area contributed by atoms with Crippen LogP contribution in [-0.2, 0) is 11.2 Å². The molecule has 0 saturated carbocycles. The van der Waals surface area contributed by atoms with Crippen molar-refractivity contribution in [1.82, 2.24) is 10.2 Å². The van der Waals surface area contributed by atoms with Gasteiger partial charge in [-0.3, -0.25) is 9.69 Å². The fraction of sp³-hybridized carbons (Fsp3) is 0.562. The molecule has 1 amide bonds. The number of rotatable bonds is 7. The number of benzene rings is 1. The van der Waals surface area contributed by atoms with Crippen molar-refractivity contribution in [2.45, 2.75) is 19.3 Å². The SMILES string of the molecule is COc1ccc(OC)c(CCNC(=O)CN2CCCC2)c1. The summed E-state index contributed by atoms with van der Waals surface area (Å²) in [5.74, 6) is 1.72. The molecule has 2 rings (SSSR count). The summed E-state index contributed by atoms with van der Waals surface area (Å²) in [5.41, 5.74) is 1.04. The molecule has 116 valence electrons. The van der Waals surface area contributed by atoms with Gasteiger partial charge in [-0.1, -0.05) is 0 Å². The molecular formula is C16H24N2O3. The molecule has 0 aromatic heterocycles. The monoisotopic (exact) mass is 292 g/mol. The summed E-state index contributed by atoms with van der Waals surface area (Å²) in [4.78, 5) is 14.1. The number of methoxy groups -OCH3 is 2. The normalized spacial score (nSPS) is 15.0. The minimum absolute atomic E-state index is 0.0961. The van der Waals surface area contributed by atoms with Crippen LogP contribution in [0.25, 0.3) is 0 Å². The van der Waals surface area contributed by atoms with E-state index < -0.39 is 0 Å². The van der Waals surface area contributed by atoms with Gasteiger partial charge in [0.05, 0.1) is 20.8 Å². The van der Waals surface area contributed by atoms with Crippen LogP contribution in [0.2, 0.25) is 0 Å². The van der Waals surface area contributed by atoms with E-state index in [1.54, 1.807) is 14.2 Å². The lowest BCUT2D eigenvalue weighted by molar-refractivity contribution is -0.121. The van der Waals surface area contributed by atoms with Gasteiger partial charge in [-0.25, -0.2) is 0 Å². The number of hydrogen-bond acceptors (Lipinski definition) is 4. The van der Waals surface area contributed by atoms with Crippen LogP contribution in [0.5, 0.6) is 11.5 Å². The highest BCUT2D eigenvalue weighted by molar-refractivity contribution is 5.78. The smallest absolute Gasteiger partial charge is 0.234 e. The summed E-state index contributed by atoms with van der Waals surface area (Å²) in [5, 5.41) is 2.97. The molecule has 5 heteroatoms. The Morgan fingerprint density at radius 2 is 2.00 bits per heavy atom. The number of carbonyl (C=O) groups excluding carboxylic acids is 1. The first-order valence-corrected chi connectivity index (χ1v) is 7.43. The molecule has 21 heavy (non-hydrogen) atoms. The van der Waals surface area contributed by atoms with Gasteiger partial charge in [0, 0.05) is 6.54 Å². The second-order valence-corrected chi connectivity index (χ2v) is 5.26. The first-order chi connectivity index (χ1) is 10.2. The van der Waals surface area contributed by atoms with Gasteiger partial charge in [-0.2, -0.15) is 0 Å². The van der Waals surface area contributed by atoms with Crippen LogP contribution in [-0.4, -0.2) is 51.2 Å². The standard InChI is InChI=1S/C16H24N2O3/c1-20-14-5-6-15(21-2)13(11-14)7-8-17-16(19)12-18-9-3-4-10-18/h5-6,11H,3-4,7-10,12H2,1-2H3,(H,17,19). The third-order valence-corrected chi connectivity index (χ3v) is 3.77. The van der Waals surface area contributed by atoms with Crippen molar-refractivity contribution in [3.63, 3.8) is 0 Å². The predicted octanol–water partition coefficient (Wildman–Crippen LogP) is 1.46. The summed E-state index contributed by atoms with van der Waals surface area (Å²) >= 11 is 0. The lowest BCUT2D eigenvalue weighted by Gasteiger charge is -2.14. The van der Waals surface area contributed by atoms with E-state index in [0.717, 1.165) is 36.6 Å². The molecule has 0 atom stereocenters. The second kappa shape index (κ2) is 7.88. The van der Waals surface area contributed by atoms with Gasteiger partial charge in [-0.05, 0) is 56.1 Å². The summed E-state index contributed by atoms with van der Waals surface area (Å²) in [7, 11) is 3.29. The maximum atomic E-state index is 11.9. The molecular weight excluding hydrogens is 268 g/mol. The molecule has 1 aromatic rings. The van der Waals surface area contributed by atoms with Crippen molar-refractivity contribution in [2.24, 2.45) is 0 Å². The highest BCUT2D eigenvalue weighted by Gasteiger charge is 2.14. The number of amides is 1. The quantitative estimate of drug-likeness (QED) is 0.826. The zero-order valence-electron chi connectivity index (χ0n) is 12.9. The molecule has 1 aliphatic heterocycles. The van der Waals surface area contributed by atoms with E-state index in [9.17, 15) is 4.79 Å². The van der Waals surface area contributed by atoms with Gasteiger partial charge in [0.1, 0.15) is 11.5 Å². The molecule has 5 nitrogen and oxygen atoms in total. The third-order valence-electron chi connectivity index (χ3n) is 3.77. The molecule has 1 heterocycles. The first-order valence-electron chi connectivity index (χ1n) is 7.43. The second-order valence-electron chi connectivity index (χ2n) is 5.26. The van der Waals surface area contributed by atoms with Crippen molar-refractivity contribution < 1.29 is 14.3 Å². The van der Waals surface area contributed by atoms with E-state index in [1.165, 1.54) is 12.8 Å². The summed E-state index contributed by atoms with van der Waals surface area (Å²) < 4.78 is 10.6. The lowest BCUT2D eigenvalue weighted by atomic mass is 10.1. The maximum absolute atomic E-state index is 11.9. The fourth-order valence-corrected chi connectivity index (χ4v) is 2.61. The van der Waals surface area contributed by atoms with E-state index in [2.05, 4.69) is 10.2 Å². The summed E-state index contributed by atoms with van der Waals surface area (Å²) in [6.45, 7) is 3.19. The Morgan fingerprint density at radius 1 is 1.24 bits per heavy atom. The maximum Gasteiger partial charge on any atom is 0.234 e. The van der Waals surface area contributed by atoms with Crippen LogP contribution >= 0.6 is 0 Å². The van der Waals surface area contributed by atoms with E-state index in [0.29, 0.717) is 13.1 Å². The largest absolute Gasteiger partial charge is 0.497 e. The fourth-order valence-electron chi connectivity index (χ4n) is 2.61. The van der Waals surface area contributed by atoms with Gasteiger partial charge in [-0.15, -0.1) is 0 Å². The Hall–Kier alpha value is -1.75. The molecule has 1 aliphatic rings. The number of nitrogens with one attached hydrogen (secondary N) is 1. The molecule has 1 N–H and O–H groups in total. The Bertz CT molecular complexity index is 471. The zero-order chi connectivity index (χ0) is 15.1. The molecule has 0 aliphatic carbocycles. The Morgan fingerprint density at radius 3 is 2.67 bits per heavy atom. The first kappa shape index (κ1) is 15.6. The number of nitrogens with zero attached hydrogens (tertiary/aromatic N) is 1. The van der Waals surface area contributed by atoms with Crippen molar-refractivity contribution in [2.75, 3.05) is 40.4 Å². The minimum Gasteiger partial charge on any atom is -0.497 e. The Balaban J connectivity index is 1.80. The van der Waals surface area contributed by atoms with E-state index in [-0.39, 0.29) is 5.91 Å². The highest BCUT2D eigenvalue weighted by atomic mass is 16.5. The van der Waals surface area contributed by atoms with Gasteiger partial charge in [0.25, 0.3) is 0 Å². The zero-order valence-corrected chi connectivity index (χ0v) is 12.9. The van der Waals surface area contributed by atoms with Gasteiger partial charge < -0.3 is 14.8 Å². The molecule has 0 radical (unpaired) electrons. The van der Waals surface area contributed by atoms with Crippen LogP contribution < -0.4 is 14.8 Å². The van der Waals surface area contributed by atoms with Crippen LogP contribution in [0.3, 0.4) is 0 Å². The van der Waals surface area contributed by atoms with Crippen molar-refractivity contribution in [1.29, 1.82) is 0 Å². The number of ether oxygens (including phenoxy) is 2. The summed E-state index contributed by atoms with van der Waals surface area (Å²) in [6, 6.07) is 5.71. The molecule has 0 bridgehead atoms. The topological polar surface area (TPSA) is 50.8 Å². The third kappa shape index (κ3) is 4.63. The van der Waals surface area contributed by atoms with E-state index in [4.69, 9.17) is 9.47 Å². The minimum atomic E-state index is 0.0961. The van der Waals surface area contributed by atoms with Crippen molar-refractivity contribution in [3.8, 4) is 11.5 Å². The average Bonchev–Trinajstić information content (AvgIpc) is 3.00. The van der Waals surface area contributed by atoms with Crippen LogP contribution in [0, 0.1) is 0 Å². The van der Waals surface area contributed by atoms with Crippen molar-refractivity contribution >= 4 is 5.91 Å². The van der Waals surface area contributed by atoms with E-state index in [1.807, 2.05) is 18.2 Å². The van der Waals surface area contributed by atoms with Gasteiger partial charge in [0.15, 0.2) is 0 Å². The molecule has 1 fully saturated rings. The van der Waals surface area contributed by atoms with Crippen molar-refractivity contribution in [3.05, 3.63) is 23.8 Å². The molecule has 0 spiro atoms. The van der Waals surface area contributed by atoms with Gasteiger partial charge in [0.2, 0.25) is 5.91 Å². The Kier molecular flexibility index (Phi) is 5.87. The number of likely N-dealkylation sites (tertiary alicyclic amines) is 1. The Labute approximate surface area is 126 Å². The van der Waals surface area contributed by atoms with Gasteiger partial charge >= 0.3 is 0 Å². The number of hydrogen-bond donors (Lipinski definition) is 1. The summed E-state index contributed by atoms with van der Waals surface area (Å²) in [6.07, 6.45) is 3.13. The molecule has 1 saturated heterocycles. The highest BCUT2D eigenvalue weighted by Crippen LogP contribution is 2.24. The van der Waals surface area contributed by atoms with Crippen LogP contribution in [0.4, 0.5) is 0 Å². The lowest BCUT2D eigenvalue weighted by Crippen LogP contribution is -2.36. The average molecular weight is 292 g/mol. The van der Waals surface area contributed by atoms with E-state index >= 15 is 0 Å².